The first kappa shape index (κ1) is 14.9. The van der Waals surface area contributed by atoms with Crippen LogP contribution < -0.4 is 5.73 Å². The molecule has 0 radical (unpaired) electrons. The van der Waals surface area contributed by atoms with Crippen molar-refractivity contribution in [2.75, 3.05) is 6.61 Å². The minimum Gasteiger partial charge on any atom is -0.368 e. The molecule has 2 unspecified atom stereocenters. The van der Waals surface area contributed by atoms with Gasteiger partial charge in [-0.2, -0.15) is 0 Å². The van der Waals surface area contributed by atoms with Gasteiger partial charge < -0.3 is 10.5 Å². The van der Waals surface area contributed by atoms with Gasteiger partial charge in [-0.15, -0.1) is 11.3 Å². The van der Waals surface area contributed by atoms with Crippen molar-refractivity contribution in [1.29, 1.82) is 0 Å². The van der Waals surface area contributed by atoms with Crippen LogP contribution in [-0.2, 0) is 10.3 Å². The summed E-state index contributed by atoms with van der Waals surface area (Å²) in [5.74, 6) is 0.474. The summed E-state index contributed by atoms with van der Waals surface area (Å²) in [5, 5.41) is 3.27. The lowest BCUT2D eigenvalue weighted by Gasteiger charge is -2.26. The lowest BCUT2D eigenvalue weighted by Crippen LogP contribution is -2.26. The number of thiazole rings is 1. The molecule has 1 aliphatic rings. The van der Waals surface area contributed by atoms with Gasteiger partial charge in [0, 0.05) is 12.0 Å². The van der Waals surface area contributed by atoms with Crippen molar-refractivity contribution < 1.29 is 4.74 Å². The molecule has 1 aromatic heterocycles. The van der Waals surface area contributed by atoms with Gasteiger partial charge in [-0.3, -0.25) is 0 Å². The summed E-state index contributed by atoms with van der Waals surface area (Å²) in [7, 11) is 0. The highest BCUT2D eigenvalue weighted by molar-refractivity contribution is 7.09. The Balaban J connectivity index is 2.19. The monoisotopic (exact) mass is 282 g/mol. The summed E-state index contributed by atoms with van der Waals surface area (Å²) in [5.41, 5.74) is 7.21. The number of hydrogen-bond donors (Lipinski definition) is 1. The molecule has 3 nitrogen and oxygen atoms in total. The molecule has 1 aromatic rings. The molecule has 0 spiro atoms. The fourth-order valence-electron chi connectivity index (χ4n) is 2.84. The maximum Gasteiger partial charge on any atom is 0.125 e. The van der Waals surface area contributed by atoms with Gasteiger partial charge >= 0.3 is 0 Å². The second-order valence-electron chi connectivity index (χ2n) is 5.62. The molecule has 0 amide bonds. The van der Waals surface area contributed by atoms with E-state index in [1.165, 1.54) is 12.8 Å². The van der Waals surface area contributed by atoms with Gasteiger partial charge in [-0.05, 0) is 25.7 Å². The summed E-state index contributed by atoms with van der Waals surface area (Å²) < 4.78 is 6.06. The molecule has 1 heterocycles. The van der Waals surface area contributed by atoms with E-state index in [-0.39, 0.29) is 11.6 Å². The van der Waals surface area contributed by atoms with Crippen LogP contribution in [0.25, 0.3) is 0 Å². The summed E-state index contributed by atoms with van der Waals surface area (Å²) in [6.45, 7) is 7.19. The molecule has 1 aliphatic carbocycles. The van der Waals surface area contributed by atoms with Gasteiger partial charge in [0.25, 0.3) is 0 Å². The molecule has 0 aliphatic heterocycles. The molecule has 0 aromatic carbocycles. The van der Waals surface area contributed by atoms with Gasteiger partial charge in [0.1, 0.15) is 10.6 Å². The molecule has 2 atom stereocenters. The Bertz CT molecular complexity index is 399. The molecule has 0 saturated heterocycles. The van der Waals surface area contributed by atoms with Crippen molar-refractivity contribution in [2.45, 2.75) is 64.5 Å². The van der Waals surface area contributed by atoms with Crippen LogP contribution in [-0.4, -0.2) is 11.6 Å². The zero-order valence-corrected chi connectivity index (χ0v) is 13.1. The Kier molecular flexibility index (Phi) is 4.98. The van der Waals surface area contributed by atoms with E-state index in [2.05, 4.69) is 26.2 Å². The van der Waals surface area contributed by atoms with Crippen LogP contribution in [0.1, 0.15) is 69.6 Å². The number of ether oxygens (including phenoxy) is 1. The molecule has 19 heavy (non-hydrogen) atoms. The number of aromatic nitrogens is 1. The van der Waals surface area contributed by atoms with E-state index in [0.717, 1.165) is 36.6 Å². The van der Waals surface area contributed by atoms with Crippen molar-refractivity contribution >= 4 is 11.3 Å². The van der Waals surface area contributed by atoms with Crippen molar-refractivity contribution in [3.8, 4) is 0 Å². The first-order valence-electron chi connectivity index (χ1n) is 7.48. The molecule has 2 N–H and O–H groups in total. The normalized spacial score (nSPS) is 21.5. The maximum absolute atomic E-state index is 6.28. The van der Waals surface area contributed by atoms with Gasteiger partial charge in [-0.25, -0.2) is 4.98 Å². The van der Waals surface area contributed by atoms with Crippen LogP contribution in [0.15, 0.2) is 5.38 Å². The van der Waals surface area contributed by atoms with Gasteiger partial charge in [-0.1, -0.05) is 33.1 Å². The van der Waals surface area contributed by atoms with Crippen LogP contribution in [0.2, 0.25) is 0 Å². The third-order valence-electron chi connectivity index (χ3n) is 4.34. The standard InChI is InChI=1S/C15H26N2OS/c1-4-11(3)13(16)12-10-19-14(17-12)15(18-5-2)8-6-7-9-15/h10-11,13H,4-9,16H2,1-3H3. The Morgan fingerprint density at radius 1 is 1.42 bits per heavy atom. The van der Waals surface area contributed by atoms with Crippen LogP contribution in [0, 0.1) is 5.92 Å². The lowest BCUT2D eigenvalue weighted by atomic mass is 9.98. The fourth-order valence-corrected chi connectivity index (χ4v) is 3.91. The Morgan fingerprint density at radius 2 is 2.11 bits per heavy atom. The Hall–Kier alpha value is -0.450. The largest absolute Gasteiger partial charge is 0.368 e. The molecule has 2 rings (SSSR count). The number of rotatable bonds is 6. The predicted molar refractivity (Wildman–Crippen MR) is 80.3 cm³/mol. The quantitative estimate of drug-likeness (QED) is 0.858. The smallest absolute Gasteiger partial charge is 0.125 e. The lowest BCUT2D eigenvalue weighted by molar-refractivity contribution is -0.0392. The summed E-state index contributed by atoms with van der Waals surface area (Å²) in [6, 6.07) is 0.0510. The highest BCUT2D eigenvalue weighted by atomic mass is 32.1. The van der Waals surface area contributed by atoms with Crippen molar-refractivity contribution in [2.24, 2.45) is 11.7 Å². The molecular weight excluding hydrogens is 256 g/mol. The van der Waals surface area contributed by atoms with Crippen molar-refractivity contribution in [3.05, 3.63) is 16.1 Å². The van der Waals surface area contributed by atoms with Crippen LogP contribution in [0.4, 0.5) is 0 Å². The molecule has 4 heteroatoms. The van der Waals surface area contributed by atoms with E-state index in [4.69, 9.17) is 15.5 Å². The first-order valence-corrected chi connectivity index (χ1v) is 8.36. The Labute approximate surface area is 120 Å². The molecular formula is C15H26N2OS. The minimum absolute atomic E-state index is 0.0510. The predicted octanol–water partition coefficient (Wildman–Crippen LogP) is 3.99. The van der Waals surface area contributed by atoms with Crippen molar-refractivity contribution in [3.63, 3.8) is 0 Å². The summed E-state index contributed by atoms with van der Waals surface area (Å²) >= 11 is 1.73. The van der Waals surface area contributed by atoms with E-state index in [0.29, 0.717) is 5.92 Å². The third kappa shape index (κ3) is 3.01. The molecule has 1 fully saturated rings. The van der Waals surface area contributed by atoms with Gasteiger partial charge in [0.05, 0.1) is 11.7 Å². The second-order valence-corrected chi connectivity index (χ2v) is 6.48. The van der Waals surface area contributed by atoms with E-state index in [9.17, 15) is 0 Å². The zero-order valence-electron chi connectivity index (χ0n) is 12.3. The number of nitrogens with zero attached hydrogens (tertiary/aromatic N) is 1. The SMILES string of the molecule is CCOC1(c2nc(C(N)C(C)CC)cs2)CCCC1. The third-order valence-corrected chi connectivity index (χ3v) is 5.39. The van der Waals surface area contributed by atoms with Crippen LogP contribution in [0.5, 0.6) is 0 Å². The maximum atomic E-state index is 6.28. The average Bonchev–Trinajstić information content (AvgIpc) is 3.06. The summed E-state index contributed by atoms with van der Waals surface area (Å²) in [6.07, 6.45) is 5.78. The first-order chi connectivity index (χ1) is 9.13. The highest BCUT2D eigenvalue weighted by Gasteiger charge is 2.39. The van der Waals surface area contributed by atoms with E-state index >= 15 is 0 Å². The second kappa shape index (κ2) is 6.33. The minimum atomic E-state index is -0.118. The topological polar surface area (TPSA) is 48.1 Å². The molecule has 0 bridgehead atoms. The Morgan fingerprint density at radius 3 is 2.68 bits per heavy atom. The number of hydrogen-bond acceptors (Lipinski definition) is 4. The highest BCUT2D eigenvalue weighted by Crippen LogP contribution is 2.43. The molecule has 1 saturated carbocycles. The van der Waals surface area contributed by atoms with Gasteiger partial charge in [0.2, 0.25) is 0 Å². The summed E-state index contributed by atoms with van der Waals surface area (Å²) in [4.78, 5) is 4.82. The fraction of sp³-hybridized carbons (Fsp3) is 0.800. The van der Waals surface area contributed by atoms with Crippen LogP contribution in [0.3, 0.4) is 0 Å². The van der Waals surface area contributed by atoms with E-state index in [1.54, 1.807) is 11.3 Å². The van der Waals surface area contributed by atoms with E-state index < -0.39 is 0 Å². The number of nitrogens with two attached hydrogens (primary N) is 1. The van der Waals surface area contributed by atoms with Crippen molar-refractivity contribution in [1.82, 2.24) is 4.98 Å². The van der Waals surface area contributed by atoms with E-state index in [1.807, 2.05) is 0 Å². The van der Waals surface area contributed by atoms with Crippen LogP contribution >= 0.6 is 11.3 Å². The average molecular weight is 282 g/mol. The van der Waals surface area contributed by atoms with Gasteiger partial charge in [0.15, 0.2) is 0 Å². The zero-order chi connectivity index (χ0) is 13.9. The molecule has 108 valence electrons.